The molecule has 2 atom stereocenters. The number of aryl methyl sites for hydroxylation is 1. The summed E-state index contributed by atoms with van der Waals surface area (Å²) in [6, 6.07) is 3.77. The van der Waals surface area contributed by atoms with Crippen LogP contribution < -0.4 is 9.47 Å². The smallest absolute Gasteiger partial charge is 0.317 e. The normalized spacial score (nSPS) is 13.6. The molecule has 118 valence electrons. The van der Waals surface area contributed by atoms with E-state index in [1.165, 1.54) is 0 Å². The average Bonchev–Trinajstić information content (AvgIpc) is 2.45. The summed E-state index contributed by atoms with van der Waals surface area (Å²) >= 11 is 3.16. The van der Waals surface area contributed by atoms with Crippen molar-refractivity contribution in [2.75, 3.05) is 20.8 Å². The number of rotatable bonds is 8. The molecule has 0 aliphatic rings. The Labute approximate surface area is 133 Å². The number of ether oxygens (including phenoxy) is 3. The van der Waals surface area contributed by atoms with Crippen LogP contribution >= 0.6 is 15.9 Å². The quantitative estimate of drug-likeness (QED) is 0.720. The van der Waals surface area contributed by atoms with Crippen LogP contribution in [0.1, 0.15) is 30.6 Å². The highest BCUT2D eigenvalue weighted by Crippen LogP contribution is 2.40. The lowest BCUT2D eigenvalue weighted by atomic mass is 10.00. The first-order chi connectivity index (χ1) is 9.94. The molecule has 0 aliphatic heterocycles. The average molecular weight is 361 g/mol. The number of carbonyl (C=O) groups is 1. The number of halogens is 1. The van der Waals surface area contributed by atoms with Crippen molar-refractivity contribution in [1.29, 1.82) is 0 Å². The Balaban J connectivity index is 3.25. The Morgan fingerprint density at radius 3 is 2.19 bits per heavy atom. The first-order valence-corrected chi connectivity index (χ1v) is 7.57. The van der Waals surface area contributed by atoms with Crippen LogP contribution in [0.5, 0.6) is 11.5 Å². The van der Waals surface area contributed by atoms with Gasteiger partial charge in [-0.1, -0.05) is 15.9 Å². The third kappa shape index (κ3) is 4.61. The minimum absolute atomic E-state index is 0.277. The van der Waals surface area contributed by atoms with Crippen LogP contribution in [0.15, 0.2) is 12.1 Å². The van der Waals surface area contributed by atoms with Gasteiger partial charge < -0.3 is 19.3 Å². The van der Waals surface area contributed by atoms with Crippen molar-refractivity contribution in [3.8, 4) is 11.5 Å². The molecular formula is C15H21BrO5. The van der Waals surface area contributed by atoms with Crippen LogP contribution in [0.25, 0.3) is 0 Å². The predicted molar refractivity (Wildman–Crippen MR) is 83.6 cm³/mol. The summed E-state index contributed by atoms with van der Waals surface area (Å²) in [6.07, 6.45) is -0.153. The highest BCUT2D eigenvalue weighted by atomic mass is 79.9. The molecule has 0 radical (unpaired) electrons. The van der Waals surface area contributed by atoms with Gasteiger partial charge in [-0.3, -0.25) is 4.79 Å². The van der Waals surface area contributed by atoms with E-state index >= 15 is 0 Å². The van der Waals surface area contributed by atoms with E-state index in [0.29, 0.717) is 18.1 Å². The van der Waals surface area contributed by atoms with Gasteiger partial charge in [0.2, 0.25) is 0 Å². The third-order valence-corrected chi connectivity index (χ3v) is 3.83. The molecule has 0 amide bonds. The highest BCUT2D eigenvalue weighted by Gasteiger charge is 2.27. The lowest BCUT2D eigenvalue weighted by Crippen LogP contribution is -2.19. The summed E-state index contributed by atoms with van der Waals surface area (Å²) in [7, 11) is 3.15. The van der Waals surface area contributed by atoms with E-state index in [2.05, 4.69) is 15.9 Å². The van der Waals surface area contributed by atoms with Gasteiger partial charge in [0.1, 0.15) is 16.3 Å². The number of aliphatic carboxylic acids is 1. The van der Waals surface area contributed by atoms with Crippen LogP contribution in [0.2, 0.25) is 0 Å². The summed E-state index contributed by atoms with van der Waals surface area (Å²) in [5.74, 6) is 0.343. The van der Waals surface area contributed by atoms with Gasteiger partial charge >= 0.3 is 5.97 Å². The maximum Gasteiger partial charge on any atom is 0.317 e. The molecule has 1 aromatic carbocycles. The molecule has 1 rings (SSSR count). The molecule has 0 saturated carbocycles. The van der Waals surface area contributed by atoms with Crippen LogP contribution in [-0.4, -0.2) is 36.7 Å². The monoisotopic (exact) mass is 360 g/mol. The van der Waals surface area contributed by atoms with Crippen molar-refractivity contribution < 1.29 is 24.1 Å². The van der Waals surface area contributed by atoms with Crippen molar-refractivity contribution in [3.05, 3.63) is 23.3 Å². The maximum atomic E-state index is 11.1. The van der Waals surface area contributed by atoms with E-state index in [1.54, 1.807) is 14.2 Å². The van der Waals surface area contributed by atoms with Gasteiger partial charge in [0.15, 0.2) is 0 Å². The molecule has 0 saturated heterocycles. The van der Waals surface area contributed by atoms with Crippen LogP contribution in [-0.2, 0) is 9.53 Å². The van der Waals surface area contributed by atoms with Crippen molar-refractivity contribution >= 4 is 21.9 Å². The first kappa shape index (κ1) is 17.8. The Kier molecular flexibility index (Phi) is 6.98. The third-order valence-electron chi connectivity index (χ3n) is 3.07. The first-order valence-electron chi connectivity index (χ1n) is 6.65. The van der Waals surface area contributed by atoms with Crippen molar-refractivity contribution in [3.63, 3.8) is 0 Å². The Morgan fingerprint density at radius 2 is 1.81 bits per heavy atom. The van der Waals surface area contributed by atoms with Crippen molar-refractivity contribution in [2.24, 2.45) is 0 Å². The Morgan fingerprint density at radius 1 is 1.29 bits per heavy atom. The zero-order valence-corrected chi connectivity index (χ0v) is 14.3. The number of carboxylic acids is 1. The molecule has 1 aromatic rings. The number of methoxy groups -OCH3 is 2. The molecule has 0 bridgehead atoms. The Bertz CT molecular complexity index is 464. The maximum absolute atomic E-state index is 11.1. The number of carboxylic acid groups (broad SMARTS) is 1. The lowest BCUT2D eigenvalue weighted by molar-refractivity contribution is -0.137. The topological polar surface area (TPSA) is 65.0 Å². The minimum atomic E-state index is -0.926. The second kappa shape index (κ2) is 8.24. The molecule has 5 nitrogen and oxygen atoms in total. The SMILES string of the molecule is CCOC(CC(Br)C(=O)O)c1c(OC)cc(C)cc1OC. The zero-order chi connectivity index (χ0) is 16.0. The standard InChI is InChI=1S/C15H21BrO5/c1-5-21-13(8-10(16)15(17)18)14-11(19-3)6-9(2)7-12(14)20-4/h6-7,10,13H,5,8H2,1-4H3,(H,17,18). The second-order valence-corrected chi connectivity index (χ2v) is 5.67. The van der Waals surface area contributed by atoms with Crippen molar-refractivity contribution in [2.45, 2.75) is 31.2 Å². The fourth-order valence-corrected chi connectivity index (χ4v) is 2.49. The van der Waals surface area contributed by atoms with E-state index in [4.69, 9.17) is 19.3 Å². The Hall–Kier alpha value is -1.27. The van der Waals surface area contributed by atoms with Gasteiger partial charge in [-0.2, -0.15) is 0 Å². The van der Waals surface area contributed by atoms with Gasteiger partial charge in [-0.05, 0) is 31.5 Å². The lowest BCUT2D eigenvalue weighted by Gasteiger charge is -2.23. The van der Waals surface area contributed by atoms with E-state index in [1.807, 2.05) is 26.0 Å². The van der Waals surface area contributed by atoms with E-state index in [-0.39, 0.29) is 6.42 Å². The van der Waals surface area contributed by atoms with Crippen LogP contribution in [0.3, 0.4) is 0 Å². The summed E-state index contributed by atoms with van der Waals surface area (Å²) in [6.45, 7) is 4.27. The highest BCUT2D eigenvalue weighted by molar-refractivity contribution is 9.10. The minimum Gasteiger partial charge on any atom is -0.496 e. The van der Waals surface area contributed by atoms with E-state index in [0.717, 1.165) is 11.1 Å². The van der Waals surface area contributed by atoms with Crippen molar-refractivity contribution in [1.82, 2.24) is 0 Å². The fourth-order valence-electron chi connectivity index (χ4n) is 2.15. The number of alkyl halides is 1. The largest absolute Gasteiger partial charge is 0.496 e. The van der Waals surface area contributed by atoms with Crippen LogP contribution in [0.4, 0.5) is 0 Å². The van der Waals surface area contributed by atoms with E-state index in [9.17, 15) is 4.79 Å². The van der Waals surface area contributed by atoms with E-state index < -0.39 is 16.9 Å². The molecular weight excluding hydrogens is 340 g/mol. The molecule has 6 heteroatoms. The molecule has 0 heterocycles. The van der Waals surface area contributed by atoms with Gasteiger partial charge in [-0.25, -0.2) is 0 Å². The second-order valence-electron chi connectivity index (χ2n) is 4.57. The molecule has 21 heavy (non-hydrogen) atoms. The molecule has 2 unspecified atom stereocenters. The van der Waals surface area contributed by atoms with Crippen LogP contribution in [0, 0.1) is 6.92 Å². The summed E-state index contributed by atoms with van der Waals surface area (Å²) in [5.41, 5.74) is 1.73. The molecule has 1 N–H and O–H groups in total. The molecule has 0 spiro atoms. The number of benzene rings is 1. The molecule has 0 fully saturated rings. The molecule has 0 aliphatic carbocycles. The predicted octanol–water partition coefficient (Wildman–Crippen LogP) is 3.33. The molecule has 0 aromatic heterocycles. The summed E-state index contributed by atoms with van der Waals surface area (Å²) in [5, 5.41) is 9.08. The number of hydrogen-bond donors (Lipinski definition) is 1. The summed E-state index contributed by atoms with van der Waals surface area (Å²) < 4.78 is 16.6. The van der Waals surface area contributed by atoms with Gasteiger partial charge in [0.25, 0.3) is 0 Å². The van der Waals surface area contributed by atoms with Gasteiger partial charge in [0, 0.05) is 13.0 Å². The van der Waals surface area contributed by atoms with Gasteiger partial charge in [0.05, 0.1) is 25.9 Å². The summed E-state index contributed by atoms with van der Waals surface area (Å²) in [4.78, 5) is 10.4. The fraction of sp³-hybridized carbons (Fsp3) is 0.533. The van der Waals surface area contributed by atoms with Gasteiger partial charge in [-0.15, -0.1) is 0 Å². The zero-order valence-electron chi connectivity index (χ0n) is 12.7. The number of hydrogen-bond acceptors (Lipinski definition) is 4.